The van der Waals surface area contributed by atoms with E-state index in [2.05, 4.69) is 15.6 Å². The summed E-state index contributed by atoms with van der Waals surface area (Å²) >= 11 is 5.81. The Morgan fingerprint density at radius 2 is 2.05 bits per heavy atom. The van der Waals surface area contributed by atoms with Crippen LogP contribution in [-0.2, 0) is 0 Å². The molecule has 0 bridgehead atoms. The van der Waals surface area contributed by atoms with E-state index in [1.54, 1.807) is 30.5 Å². The molecule has 1 unspecified atom stereocenters. The number of hydrogen-bond acceptors (Lipinski definition) is 3. The van der Waals surface area contributed by atoms with Gasteiger partial charge < -0.3 is 10.6 Å². The molecule has 1 amide bonds. The number of amides is 1. The largest absolute Gasteiger partial charge is 0.321 e. The van der Waals surface area contributed by atoms with Crippen LogP contribution in [0.5, 0.6) is 0 Å². The second-order valence-corrected chi connectivity index (χ2v) is 5.56. The summed E-state index contributed by atoms with van der Waals surface area (Å²) in [6, 6.07) is 10.7. The Morgan fingerprint density at radius 1 is 1.24 bits per heavy atom. The van der Waals surface area contributed by atoms with Crippen molar-refractivity contribution in [3.8, 4) is 0 Å². The summed E-state index contributed by atoms with van der Waals surface area (Å²) in [7, 11) is 0. The number of carbonyl (C=O) groups excluding carboxylic acids is 1. The molecule has 1 aliphatic heterocycles. The summed E-state index contributed by atoms with van der Waals surface area (Å²) in [4.78, 5) is 16.5. The summed E-state index contributed by atoms with van der Waals surface area (Å²) in [5.74, 6) is 0.315. The number of anilines is 1. The highest BCUT2D eigenvalue weighted by molar-refractivity contribution is 6.30. The predicted molar refractivity (Wildman–Crippen MR) is 83.9 cm³/mol. The average molecular weight is 302 g/mol. The van der Waals surface area contributed by atoms with E-state index in [4.69, 9.17) is 11.6 Å². The zero-order valence-corrected chi connectivity index (χ0v) is 12.2. The molecule has 1 atom stereocenters. The molecule has 0 saturated carbocycles. The summed E-state index contributed by atoms with van der Waals surface area (Å²) in [5, 5.41) is 6.77. The van der Waals surface area contributed by atoms with E-state index in [-0.39, 0.29) is 5.91 Å². The van der Waals surface area contributed by atoms with E-state index in [0.29, 0.717) is 22.2 Å². The van der Waals surface area contributed by atoms with Crippen LogP contribution in [0.25, 0.3) is 0 Å². The van der Waals surface area contributed by atoms with Gasteiger partial charge in [0, 0.05) is 28.7 Å². The molecule has 3 rings (SSSR count). The lowest BCUT2D eigenvalue weighted by molar-refractivity contribution is 0.102. The number of nitrogens with one attached hydrogen (secondary N) is 2. The maximum absolute atomic E-state index is 12.1. The lowest BCUT2D eigenvalue weighted by Crippen LogP contribution is -2.12. The first-order chi connectivity index (χ1) is 10.2. The van der Waals surface area contributed by atoms with E-state index >= 15 is 0 Å². The molecule has 4 nitrogen and oxygen atoms in total. The van der Waals surface area contributed by atoms with Crippen LogP contribution in [0.2, 0.25) is 5.02 Å². The third-order valence-corrected chi connectivity index (χ3v) is 3.88. The SMILES string of the molecule is O=C(Nc1ccc(C2CCNC2)nc1)c1ccc(Cl)cc1. The van der Waals surface area contributed by atoms with Crippen molar-refractivity contribution in [3.05, 3.63) is 58.9 Å². The summed E-state index contributed by atoms with van der Waals surface area (Å²) in [6.45, 7) is 2.02. The Hall–Kier alpha value is -1.91. The zero-order valence-electron chi connectivity index (χ0n) is 11.5. The fourth-order valence-electron chi connectivity index (χ4n) is 2.43. The number of pyridine rings is 1. The average Bonchev–Trinajstić information content (AvgIpc) is 3.03. The molecule has 0 spiro atoms. The fraction of sp³-hybridized carbons (Fsp3) is 0.250. The van der Waals surface area contributed by atoms with Gasteiger partial charge in [-0.2, -0.15) is 0 Å². The molecule has 1 aromatic carbocycles. The highest BCUT2D eigenvalue weighted by atomic mass is 35.5. The van der Waals surface area contributed by atoms with Crippen LogP contribution in [-0.4, -0.2) is 24.0 Å². The number of aromatic nitrogens is 1. The monoisotopic (exact) mass is 301 g/mol. The second kappa shape index (κ2) is 6.24. The zero-order chi connectivity index (χ0) is 14.7. The first kappa shape index (κ1) is 14.0. The fourth-order valence-corrected chi connectivity index (χ4v) is 2.56. The minimum Gasteiger partial charge on any atom is -0.321 e. The van der Waals surface area contributed by atoms with Gasteiger partial charge >= 0.3 is 0 Å². The first-order valence-corrected chi connectivity index (χ1v) is 7.34. The Balaban J connectivity index is 1.67. The van der Waals surface area contributed by atoms with Crippen LogP contribution >= 0.6 is 11.6 Å². The van der Waals surface area contributed by atoms with E-state index in [1.807, 2.05) is 12.1 Å². The van der Waals surface area contributed by atoms with Crippen molar-refractivity contribution in [2.24, 2.45) is 0 Å². The molecule has 0 radical (unpaired) electrons. The first-order valence-electron chi connectivity index (χ1n) is 6.96. The van der Waals surface area contributed by atoms with Gasteiger partial charge in [-0.15, -0.1) is 0 Å². The molecular formula is C16H16ClN3O. The van der Waals surface area contributed by atoms with Crippen molar-refractivity contribution in [3.63, 3.8) is 0 Å². The maximum atomic E-state index is 12.1. The predicted octanol–water partition coefficient (Wildman–Crippen LogP) is 3.06. The van der Waals surface area contributed by atoms with Gasteiger partial charge in [0.25, 0.3) is 5.91 Å². The molecule has 2 N–H and O–H groups in total. The van der Waals surface area contributed by atoms with Gasteiger partial charge in [0.15, 0.2) is 0 Å². The molecule has 21 heavy (non-hydrogen) atoms. The number of hydrogen-bond donors (Lipinski definition) is 2. The Labute approximate surface area is 128 Å². The molecule has 1 saturated heterocycles. The smallest absolute Gasteiger partial charge is 0.255 e. The van der Waals surface area contributed by atoms with Gasteiger partial charge in [-0.05, 0) is 49.4 Å². The highest BCUT2D eigenvalue weighted by Crippen LogP contribution is 2.21. The summed E-state index contributed by atoms with van der Waals surface area (Å²) < 4.78 is 0. The number of nitrogens with zero attached hydrogens (tertiary/aromatic N) is 1. The Kier molecular flexibility index (Phi) is 4.18. The van der Waals surface area contributed by atoms with Crippen LogP contribution < -0.4 is 10.6 Å². The number of halogens is 1. The quantitative estimate of drug-likeness (QED) is 0.916. The highest BCUT2D eigenvalue weighted by Gasteiger charge is 2.17. The molecule has 1 aromatic heterocycles. The third kappa shape index (κ3) is 3.40. The van der Waals surface area contributed by atoms with Gasteiger partial charge in [0.05, 0.1) is 11.9 Å². The minimum atomic E-state index is -0.163. The number of rotatable bonds is 3. The topological polar surface area (TPSA) is 54.0 Å². The molecule has 1 fully saturated rings. The van der Waals surface area contributed by atoms with Crippen molar-refractivity contribution < 1.29 is 4.79 Å². The molecule has 108 valence electrons. The van der Waals surface area contributed by atoms with Crippen LogP contribution in [0.15, 0.2) is 42.6 Å². The van der Waals surface area contributed by atoms with Gasteiger partial charge in [0.2, 0.25) is 0 Å². The molecular weight excluding hydrogens is 286 g/mol. The van der Waals surface area contributed by atoms with E-state index in [9.17, 15) is 4.79 Å². The summed E-state index contributed by atoms with van der Waals surface area (Å²) in [6.07, 6.45) is 2.82. The van der Waals surface area contributed by atoms with Gasteiger partial charge in [-0.3, -0.25) is 9.78 Å². The van der Waals surface area contributed by atoms with Crippen LogP contribution in [0.3, 0.4) is 0 Å². The standard InChI is InChI=1S/C16H16ClN3O/c17-13-3-1-11(2-4-13)16(21)20-14-5-6-15(19-10-14)12-7-8-18-9-12/h1-6,10,12,18H,7-9H2,(H,20,21). The van der Waals surface area contributed by atoms with E-state index in [1.165, 1.54) is 0 Å². The van der Waals surface area contributed by atoms with Crippen LogP contribution in [0.1, 0.15) is 28.4 Å². The van der Waals surface area contributed by atoms with Crippen LogP contribution in [0, 0.1) is 0 Å². The normalized spacial score (nSPS) is 17.7. The summed E-state index contributed by atoms with van der Waals surface area (Å²) in [5.41, 5.74) is 2.35. The van der Waals surface area contributed by atoms with Crippen molar-refractivity contribution >= 4 is 23.2 Å². The molecule has 5 heteroatoms. The van der Waals surface area contributed by atoms with Crippen molar-refractivity contribution in [1.29, 1.82) is 0 Å². The Morgan fingerprint density at radius 3 is 2.67 bits per heavy atom. The second-order valence-electron chi connectivity index (χ2n) is 5.12. The molecule has 0 aliphatic carbocycles. The number of benzene rings is 1. The van der Waals surface area contributed by atoms with E-state index in [0.717, 1.165) is 25.2 Å². The molecule has 2 aromatic rings. The van der Waals surface area contributed by atoms with Gasteiger partial charge in [0.1, 0.15) is 0 Å². The minimum absolute atomic E-state index is 0.163. The van der Waals surface area contributed by atoms with Crippen molar-refractivity contribution in [1.82, 2.24) is 10.3 Å². The van der Waals surface area contributed by atoms with Crippen LogP contribution in [0.4, 0.5) is 5.69 Å². The van der Waals surface area contributed by atoms with Gasteiger partial charge in [-0.1, -0.05) is 11.6 Å². The van der Waals surface area contributed by atoms with Crippen molar-refractivity contribution in [2.45, 2.75) is 12.3 Å². The number of carbonyl (C=O) groups is 1. The van der Waals surface area contributed by atoms with E-state index < -0.39 is 0 Å². The lowest BCUT2D eigenvalue weighted by Gasteiger charge is -2.09. The Bertz CT molecular complexity index is 619. The molecule has 2 heterocycles. The van der Waals surface area contributed by atoms with Gasteiger partial charge in [-0.25, -0.2) is 0 Å². The van der Waals surface area contributed by atoms with Crippen molar-refractivity contribution in [2.75, 3.05) is 18.4 Å². The lowest BCUT2D eigenvalue weighted by atomic mass is 10.0. The maximum Gasteiger partial charge on any atom is 0.255 e. The molecule has 1 aliphatic rings. The third-order valence-electron chi connectivity index (χ3n) is 3.63.